The molecule has 1 unspecified atom stereocenters. The van der Waals surface area contributed by atoms with Crippen LogP contribution in [-0.4, -0.2) is 34.4 Å². The number of nitrogens with one attached hydrogen (secondary N) is 2. The van der Waals surface area contributed by atoms with Gasteiger partial charge in [-0.1, -0.05) is 30.3 Å². The molecule has 0 spiro atoms. The van der Waals surface area contributed by atoms with Crippen molar-refractivity contribution in [3.63, 3.8) is 0 Å². The molecule has 0 amide bonds. The van der Waals surface area contributed by atoms with E-state index in [2.05, 4.69) is 15.3 Å². The van der Waals surface area contributed by atoms with Crippen LogP contribution in [0.25, 0.3) is 27.8 Å². The number of ether oxygens (including phenoxy) is 1. The normalized spacial score (nSPS) is 12.2. The third-order valence-corrected chi connectivity index (χ3v) is 4.65. The lowest BCUT2D eigenvalue weighted by Gasteiger charge is -2.16. The van der Waals surface area contributed by atoms with E-state index in [-0.39, 0.29) is 11.8 Å². The minimum absolute atomic E-state index is 0.167. The number of hydrogen-bond donors (Lipinski definition) is 3. The highest BCUT2D eigenvalue weighted by Crippen LogP contribution is 2.30. The molecule has 4 rings (SSSR count). The molecule has 142 valence electrons. The molecule has 2 heterocycles. The summed E-state index contributed by atoms with van der Waals surface area (Å²) in [5.74, 6) is 0. The van der Waals surface area contributed by atoms with Crippen molar-refractivity contribution in [3.8, 4) is 16.8 Å². The van der Waals surface area contributed by atoms with Crippen LogP contribution in [0, 0.1) is 0 Å². The largest absolute Gasteiger partial charge is 0.360 e. The van der Waals surface area contributed by atoms with Gasteiger partial charge in [-0.15, -0.1) is 0 Å². The summed E-state index contributed by atoms with van der Waals surface area (Å²) in [6, 6.07) is 17.6. The number of aromatic nitrogens is 3. The minimum atomic E-state index is -0.252. The molecule has 7 nitrogen and oxygen atoms in total. The first-order valence-electron chi connectivity index (χ1n) is 8.95. The highest BCUT2D eigenvalue weighted by atomic mass is 16.5. The maximum absolute atomic E-state index is 12.6. The van der Waals surface area contributed by atoms with Gasteiger partial charge in [0.05, 0.1) is 11.7 Å². The van der Waals surface area contributed by atoms with E-state index in [1.165, 1.54) is 6.33 Å². The second-order valence-electron chi connectivity index (χ2n) is 6.36. The molecule has 0 fully saturated rings. The quantitative estimate of drug-likeness (QED) is 0.450. The maximum atomic E-state index is 12.6. The third kappa shape index (κ3) is 3.28. The van der Waals surface area contributed by atoms with Gasteiger partial charge in [0.1, 0.15) is 6.23 Å². The minimum Gasteiger partial charge on any atom is -0.360 e. The Balaban J connectivity index is 1.80. The van der Waals surface area contributed by atoms with E-state index in [1.54, 1.807) is 7.11 Å². The van der Waals surface area contributed by atoms with Crippen LogP contribution >= 0.6 is 0 Å². The number of benzene rings is 2. The molecular weight excluding hydrogens is 354 g/mol. The van der Waals surface area contributed by atoms with Gasteiger partial charge in [-0.05, 0) is 29.8 Å². The summed E-state index contributed by atoms with van der Waals surface area (Å²) in [6.45, 7) is 0.365. The Bertz CT molecular complexity index is 1130. The van der Waals surface area contributed by atoms with Crippen LogP contribution in [0.1, 0.15) is 0 Å². The van der Waals surface area contributed by atoms with E-state index < -0.39 is 0 Å². The smallest absolute Gasteiger partial charge is 0.260 e. The van der Waals surface area contributed by atoms with Crippen molar-refractivity contribution in [2.75, 3.05) is 19.0 Å². The number of fused-ring (bicyclic) bond motifs is 1. The molecular formula is C21H21N5O2. The monoisotopic (exact) mass is 375 g/mol. The highest BCUT2D eigenvalue weighted by Gasteiger charge is 2.16. The van der Waals surface area contributed by atoms with Gasteiger partial charge in [0, 0.05) is 36.8 Å². The number of hydrogen-bond acceptors (Lipinski definition) is 5. The molecule has 1 atom stereocenters. The fourth-order valence-corrected chi connectivity index (χ4v) is 3.22. The molecule has 0 saturated heterocycles. The van der Waals surface area contributed by atoms with Gasteiger partial charge in [0.25, 0.3) is 5.56 Å². The molecule has 4 N–H and O–H groups in total. The first-order valence-corrected chi connectivity index (χ1v) is 8.95. The van der Waals surface area contributed by atoms with Gasteiger partial charge in [-0.25, -0.2) is 4.98 Å². The first-order chi connectivity index (χ1) is 13.7. The van der Waals surface area contributed by atoms with Crippen molar-refractivity contribution < 1.29 is 4.74 Å². The summed E-state index contributed by atoms with van der Waals surface area (Å²) >= 11 is 0. The lowest BCUT2D eigenvalue weighted by Crippen LogP contribution is -2.30. The molecule has 0 bridgehead atoms. The Kier molecular flexibility index (Phi) is 4.92. The predicted molar refractivity (Wildman–Crippen MR) is 111 cm³/mol. The summed E-state index contributed by atoms with van der Waals surface area (Å²) in [6.07, 6.45) is 3.12. The summed E-state index contributed by atoms with van der Waals surface area (Å²) in [4.78, 5) is 19.6. The van der Waals surface area contributed by atoms with E-state index >= 15 is 0 Å². The Labute approximate surface area is 161 Å². The van der Waals surface area contributed by atoms with Crippen molar-refractivity contribution in [3.05, 3.63) is 77.5 Å². The zero-order valence-corrected chi connectivity index (χ0v) is 15.4. The fourth-order valence-electron chi connectivity index (χ4n) is 3.22. The number of rotatable bonds is 6. The SMILES string of the molecule is COC(CN)Nc1ccc(-c2cn(-c3ccccc3)c3nc[nH]c(=O)c23)cc1. The van der Waals surface area contributed by atoms with Crippen LogP contribution < -0.4 is 16.6 Å². The molecule has 2 aromatic heterocycles. The predicted octanol–water partition coefficient (Wildman–Crippen LogP) is 2.72. The molecule has 0 saturated carbocycles. The lowest BCUT2D eigenvalue weighted by atomic mass is 10.1. The third-order valence-electron chi connectivity index (χ3n) is 4.65. The second kappa shape index (κ2) is 7.67. The molecule has 28 heavy (non-hydrogen) atoms. The van der Waals surface area contributed by atoms with E-state index in [0.717, 1.165) is 22.5 Å². The fraction of sp³-hybridized carbons (Fsp3) is 0.143. The van der Waals surface area contributed by atoms with Crippen molar-refractivity contribution in [1.82, 2.24) is 14.5 Å². The summed E-state index contributed by atoms with van der Waals surface area (Å²) in [5.41, 5.74) is 9.68. The van der Waals surface area contributed by atoms with Gasteiger partial charge in [0.2, 0.25) is 0 Å². The van der Waals surface area contributed by atoms with Crippen LogP contribution in [-0.2, 0) is 4.74 Å². The average molecular weight is 375 g/mol. The van der Waals surface area contributed by atoms with Gasteiger partial charge in [0.15, 0.2) is 5.65 Å². The summed E-state index contributed by atoms with van der Waals surface area (Å²) in [7, 11) is 1.61. The van der Waals surface area contributed by atoms with Crippen molar-refractivity contribution >= 4 is 16.7 Å². The van der Waals surface area contributed by atoms with Crippen molar-refractivity contribution in [2.24, 2.45) is 5.73 Å². The lowest BCUT2D eigenvalue weighted by molar-refractivity contribution is 0.132. The van der Waals surface area contributed by atoms with Crippen LogP contribution in [0.5, 0.6) is 0 Å². The van der Waals surface area contributed by atoms with Gasteiger partial charge in [-0.2, -0.15) is 0 Å². The average Bonchev–Trinajstić information content (AvgIpc) is 3.14. The number of nitrogens with zero attached hydrogens (tertiary/aromatic N) is 2. The van der Waals surface area contributed by atoms with E-state index in [1.807, 2.05) is 65.4 Å². The molecule has 0 aliphatic rings. The zero-order chi connectivity index (χ0) is 19.5. The molecule has 0 radical (unpaired) electrons. The van der Waals surface area contributed by atoms with Crippen LogP contribution in [0.3, 0.4) is 0 Å². The number of H-pyrrole nitrogens is 1. The highest BCUT2D eigenvalue weighted by molar-refractivity contribution is 5.94. The van der Waals surface area contributed by atoms with Crippen molar-refractivity contribution in [1.29, 1.82) is 0 Å². The van der Waals surface area contributed by atoms with Gasteiger partial charge >= 0.3 is 0 Å². The van der Waals surface area contributed by atoms with Gasteiger partial charge < -0.3 is 25.3 Å². The van der Waals surface area contributed by atoms with Crippen LogP contribution in [0.15, 0.2) is 71.9 Å². The van der Waals surface area contributed by atoms with Crippen LogP contribution in [0.4, 0.5) is 5.69 Å². The first kappa shape index (κ1) is 18.0. The Hall–Kier alpha value is -3.42. The topological polar surface area (TPSA) is 98.0 Å². The van der Waals surface area contributed by atoms with E-state index in [9.17, 15) is 4.79 Å². The molecule has 4 aromatic rings. The number of nitrogens with two attached hydrogens (primary N) is 1. The Morgan fingerprint density at radius 3 is 2.61 bits per heavy atom. The standard InChI is InChI=1S/C21H21N5O2/c1-28-18(11-22)25-15-9-7-14(8-10-15)17-12-26(16-5-3-2-4-6-16)20-19(17)21(27)24-13-23-20/h2-10,12-13,18,25H,11,22H2,1H3,(H,23,24,27). The second-order valence-corrected chi connectivity index (χ2v) is 6.36. The Morgan fingerprint density at radius 2 is 1.93 bits per heavy atom. The summed E-state index contributed by atoms with van der Waals surface area (Å²) in [5, 5.41) is 3.76. The molecule has 2 aromatic carbocycles. The maximum Gasteiger partial charge on any atom is 0.260 e. The van der Waals surface area contributed by atoms with E-state index in [4.69, 9.17) is 10.5 Å². The molecule has 0 aliphatic carbocycles. The van der Waals surface area contributed by atoms with E-state index in [0.29, 0.717) is 17.6 Å². The van der Waals surface area contributed by atoms with Crippen molar-refractivity contribution in [2.45, 2.75) is 6.23 Å². The number of aromatic amines is 1. The Morgan fingerprint density at radius 1 is 1.18 bits per heavy atom. The molecule has 7 heteroatoms. The van der Waals surface area contributed by atoms with Gasteiger partial charge in [-0.3, -0.25) is 4.79 Å². The zero-order valence-electron chi connectivity index (χ0n) is 15.4. The number of anilines is 1. The number of para-hydroxylation sites is 1. The summed E-state index contributed by atoms with van der Waals surface area (Å²) < 4.78 is 7.18. The number of methoxy groups -OCH3 is 1. The van der Waals surface area contributed by atoms with Crippen LogP contribution in [0.2, 0.25) is 0 Å². The molecule has 0 aliphatic heterocycles.